The second-order valence-corrected chi connectivity index (χ2v) is 6.46. The number of nitrogen functional groups attached to an aromatic ring is 1. The summed E-state index contributed by atoms with van der Waals surface area (Å²) in [6, 6.07) is 1.84. The first-order valence-corrected chi connectivity index (χ1v) is 7.38. The Morgan fingerprint density at radius 1 is 1.63 bits per heavy atom. The fourth-order valence-electron chi connectivity index (χ4n) is 2.17. The lowest BCUT2D eigenvalue weighted by molar-refractivity contribution is 0.0963. The number of carbonyl (C=O) groups excluding carboxylic acids is 1. The van der Waals surface area contributed by atoms with Crippen molar-refractivity contribution in [3.8, 4) is 0 Å². The molecule has 104 valence electrons. The molecule has 1 aliphatic rings. The van der Waals surface area contributed by atoms with Crippen LogP contribution in [0.1, 0.15) is 35.9 Å². The smallest absolute Gasteiger partial charge is 0.263 e. The van der Waals surface area contributed by atoms with E-state index in [0.29, 0.717) is 22.5 Å². The zero-order chi connectivity index (χ0) is 13.9. The van der Waals surface area contributed by atoms with Gasteiger partial charge >= 0.3 is 0 Å². The van der Waals surface area contributed by atoms with Crippen molar-refractivity contribution in [2.45, 2.75) is 26.2 Å². The Balaban J connectivity index is 1.95. The van der Waals surface area contributed by atoms with Gasteiger partial charge in [-0.1, -0.05) is 19.4 Å². The molecule has 0 aromatic carbocycles. The number of rotatable bonds is 6. The van der Waals surface area contributed by atoms with Gasteiger partial charge in [-0.05, 0) is 24.3 Å². The Morgan fingerprint density at radius 2 is 2.37 bits per heavy atom. The third-order valence-corrected chi connectivity index (χ3v) is 4.73. The second-order valence-electron chi connectivity index (χ2n) is 5.41. The van der Waals surface area contributed by atoms with Crippen LogP contribution in [-0.4, -0.2) is 19.0 Å². The summed E-state index contributed by atoms with van der Waals surface area (Å²) in [5.74, 6) is -0.134. The van der Waals surface area contributed by atoms with Gasteiger partial charge in [-0.2, -0.15) is 0 Å². The van der Waals surface area contributed by atoms with E-state index in [4.69, 9.17) is 5.73 Å². The molecule has 0 unspecified atom stereocenters. The molecule has 1 aromatic heterocycles. The van der Waals surface area contributed by atoms with Crippen molar-refractivity contribution in [3.63, 3.8) is 0 Å². The van der Waals surface area contributed by atoms with Gasteiger partial charge in [0.05, 0.1) is 10.7 Å². The van der Waals surface area contributed by atoms with Gasteiger partial charge < -0.3 is 16.4 Å². The summed E-state index contributed by atoms with van der Waals surface area (Å²) in [7, 11) is 0. The highest BCUT2D eigenvalue weighted by molar-refractivity contribution is 7.18. The standard InChI is InChI=1S/C14H21N3OS/c1-3-7-16-13(18)12-10(15)8-11(19-12)17-9-14(2)5-4-6-14/h3,8,17H,1,4-7,9,15H2,2H3,(H,16,18). The maximum atomic E-state index is 11.8. The van der Waals surface area contributed by atoms with Crippen molar-refractivity contribution in [1.82, 2.24) is 5.32 Å². The third-order valence-electron chi connectivity index (χ3n) is 3.62. The summed E-state index contributed by atoms with van der Waals surface area (Å²) in [5.41, 5.74) is 6.83. The van der Waals surface area contributed by atoms with Gasteiger partial charge in [-0.3, -0.25) is 4.79 Å². The van der Waals surface area contributed by atoms with Crippen LogP contribution < -0.4 is 16.4 Å². The van der Waals surface area contributed by atoms with Crippen LogP contribution in [0.25, 0.3) is 0 Å². The minimum absolute atomic E-state index is 0.134. The molecule has 1 amide bonds. The predicted molar refractivity (Wildman–Crippen MR) is 81.7 cm³/mol. The quantitative estimate of drug-likeness (QED) is 0.701. The minimum atomic E-state index is -0.134. The van der Waals surface area contributed by atoms with Crippen molar-refractivity contribution in [1.29, 1.82) is 0 Å². The summed E-state index contributed by atoms with van der Waals surface area (Å²) >= 11 is 1.41. The van der Waals surface area contributed by atoms with Crippen LogP contribution in [0.3, 0.4) is 0 Å². The molecule has 0 atom stereocenters. The molecule has 4 N–H and O–H groups in total. The fraction of sp³-hybridized carbons (Fsp3) is 0.500. The number of amides is 1. The summed E-state index contributed by atoms with van der Waals surface area (Å²) < 4.78 is 0. The van der Waals surface area contributed by atoms with Crippen molar-refractivity contribution >= 4 is 27.9 Å². The van der Waals surface area contributed by atoms with Gasteiger partial charge in [0.25, 0.3) is 5.91 Å². The molecule has 0 aliphatic heterocycles. The molecule has 2 rings (SSSR count). The first-order chi connectivity index (χ1) is 9.04. The van der Waals surface area contributed by atoms with E-state index in [1.807, 2.05) is 6.07 Å². The molecule has 4 nitrogen and oxygen atoms in total. The van der Waals surface area contributed by atoms with Crippen molar-refractivity contribution < 1.29 is 4.79 Å². The monoisotopic (exact) mass is 279 g/mol. The highest BCUT2D eigenvalue weighted by atomic mass is 32.1. The Labute approximate surface area is 118 Å². The topological polar surface area (TPSA) is 67.2 Å². The van der Waals surface area contributed by atoms with E-state index in [9.17, 15) is 4.79 Å². The lowest BCUT2D eigenvalue weighted by atomic mass is 9.70. The number of hydrogen-bond acceptors (Lipinski definition) is 4. The summed E-state index contributed by atoms with van der Waals surface area (Å²) in [5, 5.41) is 7.11. The van der Waals surface area contributed by atoms with E-state index in [0.717, 1.165) is 11.5 Å². The first kappa shape index (κ1) is 13.9. The molecule has 1 saturated carbocycles. The number of thiophene rings is 1. The van der Waals surface area contributed by atoms with Gasteiger partial charge in [0, 0.05) is 13.1 Å². The number of nitrogens with two attached hydrogens (primary N) is 1. The van der Waals surface area contributed by atoms with Crippen LogP contribution in [0.15, 0.2) is 18.7 Å². The van der Waals surface area contributed by atoms with Gasteiger partial charge in [-0.15, -0.1) is 17.9 Å². The molecular weight excluding hydrogens is 258 g/mol. The van der Waals surface area contributed by atoms with E-state index in [1.165, 1.54) is 30.6 Å². The van der Waals surface area contributed by atoms with Crippen LogP contribution in [0.4, 0.5) is 10.7 Å². The average Bonchev–Trinajstić information content (AvgIpc) is 2.72. The number of hydrogen-bond donors (Lipinski definition) is 3. The van der Waals surface area contributed by atoms with Gasteiger partial charge in [-0.25, -0.2) is 0 Å². The van der Waals surface area contributed by atoms with E-state index in [2.05, 4.69) is 24.1 Å². The Morgan fingerprint density at radius 3 is 2.95 bits per heavy atom. The van der Waals surface area contributed by atoms with E-state index < -0.39 is 0 Å². The highest BCUT2D eigenvalue weighted by Gasteiger charge is 2.31. The van der Waals surface area contributed by atoms with Crippen molar-refractivity contribution in [2.75, 3.05) is 24.1 Å². The van der Waals surface area contributed by atoms with E-state index >= 15 is 0 Å². The molecule has 0 radical (unpaired) electrons. The summed E-state index contributed by atoms with van der Waals surface area (Å²) in [6.07, 6.45) is 5.51. The minimum Gasteiger partial charge on any atom is -0.397 e. The van der Waals surface area contributed by atoms with E-state index in [-0.39, 0.29) is 5.91 Å². The lowest BCUT2D eigenvalue weighted by Crippen LogP contribution is -2.33. The highest BCUT2D eigenvalue weighted by Crippen LogP contribution is 2.41. The van der Waals surface area contributed by atoms with Crippen LogP contribution in [0.2, 0.25) is 0 Å². The summed E-state index contributed by atoms with van der Waals surface area (Å²) in [4.78, 5) is 12.4. The van der Waals surface area contributed by atoms with Crippen LogP contribution >= 0.6 is 11.3 Å². The van der Waals surface area contributed by atoms with Crippen LogP contribution in [-0.2, 0) is 0 Å². The Kier molecular flexibility index (Phi) is 4.14. The number of anilines is 2. The SMILES string of the molecule is C=CCNC(=O)c1sc(NCC2(C)CCC2)cc1N. The van der Waals surface area contributed by atoms with Gasteiger partial charge in [0.1, 0.15) is 4.88 Å². The van der Waals surface area contributed by atoms with Gasteiger partial charge in [0.15, 0.2) is 0 Å². The molecular formula is C14H21N3OS. The Hall–Kier alpha value is -1.49. The molecule has 0 spiro atoms. The largest absolute Gasteiger partial charge is 0.397 e. The Bertz CT molecular complexity index is 477. The average molecular weight is 279 g/mol. The van der Waals surface area contributed by atoms with Crippen LogP contribution in [0, 0.1) is 5.41 Å². The zero-order valence-corrected chi connectivity index (χ0v) is 12.1. The third kappa shape index (κ3) is 3.29. The molecule has 1 fully saturated rings. The molecule has 1 heterocycles. The normalized spacial score (nSPS) is 16.5. The van der Waals surface area contributed by atoms with Gasteiger partial charge in [0.2, 0.25) is 0 Å². The molecule has 19 heavy (non-hydrogen) atoms. The van der Waals surface area contributed by atoms with Crippen LogP contribution in [0.5, 0.6) is 0 Å². The molecule has 0 saturated heterocycles. The maximum absolute atomic E-state index is 11.8. The second kappa shape index (κ2) is 5.65. The van der Waals surface area contributed by atoms with E-state index in [1.54, 1.807) is 6.08 Å². The molecule has 1 aliphatic carbocycles. The lowest BCUT2D eigenvalue weighted by Gasteiger charge is -2.38. The maximum Gasteiger partial charge on any atom is 0.263 e. The number of nitrogens with one attached hydrogen (secondary N) is 2. The molecule has 5 heteroatoms. The zero-order valence-electron chi connectivity index (χ0n) is 11.3. The van der Waals surface area contributed by atoms with Crippen molar-refractivity contribution in [3.05, 3.63) is 23.6 Å². The number of carbonyl (C=O) groups is 1. The summed E-state index contributed by atoms with van der Waals surface area (Å²) in [6.45, 7) is 7.26. The fourth-order valence-corrected chi connectivity index (χ4v) is 3.06. The first-order valence-electron chi connectivity index (χ1n) is 6.56. The van der Waals surface area contributed by atoms with Crippen molar-refractivity contribution in [2.24, 2.45) is 5.41 Å². The molecule has 1 aromatic rings. The molecule has 0 bridgehead atoms. The predicted octanol–water partition coefficient (Wildman–Crippen LogP) is 2.85.